The standard InChI is InChI=1S/C15H13N3O3S2/c1-21-12-9-7-11(8-10-12)14-16-17-15(22-14)18-23(19,20)13-5-3-2-4-6-13/h2-10H,1H3,(H,17,18). The minimum atomic E-state index is -3.65. The van der Waals surface area contributed by atoms with E-state index in [1.54, 1.807) is 25.3 Å². The number of hydrogen-bond donors (Lipinski definition) is 1. The molecule has 1 heterocycles. The van der Waals surface area contributed by atoms with Crippen LogP contribution in [-0.4, -0.2) is 25.7 Å². The summed E-state index contributed by atoms with van der Waals surface area (Å²) in [4.78, 5) is 0.182. The molecule has 0 aliphatic carbocycles. The summed E-state index contributed by atoms with van der Waals surface area (Å²) in [7, 11) is -2.06. The summed E-state index contributed by atoms with van der Waals surface area (Å²) >= 11 is 1.17. The largest absolute Gasteiger partial charge is 0.497 e. The fraction of sp³-hybridized carbons (Fsp3) is 0.0667. The van der Waals surface area contributed by atoms with Gasteiger partial charge in [0.2, 0.25) is 5.13 Å². The van der Waals surface area contributed by atoms with Gasteiger partial charge in [-0.2, -0.15) is 0 Å². The highest BCUT2D eigenvalue weighted by molar-refractivity contribution is 7.93. The number of hydrogen-bond acceptors (Lipinski definition) is 6. The van der Waals surface area contributed by atoms with Crippen molar-refractivity contribution in [3.05, 3.63) is 54.6 Å². The van der Waals surface area contributed by atoms with Gasteiger partial charge in [0.05, 0.1) is 12.0 Å². The Morgan fingerprint density at radius 2 is 1.70 bits per heavy atom. The van der Waals surface area contributed by atoms with Crippen LogP contribution >= 0.6 is 11.3 Å². The van der Waals surface area contributed by atoms with Crippen molar-refractivity contribution in [1.82, 2.24) is 10.2 Å². The van der Waals surface area contributed by atoms with Gasteiger partial charge in [-0.1, -0.05) is 29.5 Å². The molecule has 0 aliphatic heterocycles. The number of methoxy groups -OCH3 is 1. The molecule has 3 aromatic rings. The summed E-state index contributed by atoms with van der Waals surface area (Å²) < 4.78 is 32.0. The highest BCUT2D eigenvalue weighted by atomic mass is 32.2. The molecular formula is C15H13N3O3S2. The van der Waals surface area contributed by atoms with Crippen molar-refractivity contribution < 1.29 is 13.2 Å². The lowest BCUT2D eigenvalue weighted by molar-refractivity contribution is 0.415. The molecule has 8 heteroatoms. The second-order valence-corrected chi connectivity index (χ2v) is 7.22. The van der Waals surface area contributed by atoms with E-state index in [0.717, 1.165) is 11.3 Å². The van der Waals surface area contributed by atoms with Crippen LogP contribution in [0.1, 0.15) is 0 Å². The number of ether oxygens (including phenoxy) is 1. The Morgan fingerprint density at radius 3 is 2.35 bits per heavy atom. The number of aromatic nitrogens is 2. The van der Waals surface area contributed by atoms with Crippen LogP contribution < -0.4 is 9.46 Å². The van der Waals surface area contributed by atoms with Gasteiger partial charge in [-0.3, -0.25) is 4.72 Å². The molecule has 0 atom stereocenters. The molecule has 0 spiro atoms. The van der Waals surface area contributed by atoms with Crippen LogP contribution in [-0.2, 0) is 10.0 Å². The van der Waals surface area contributed by atoms with Crippen molar-refractivity contribution in [2.45, 2.75) is 4.90 Å². The zero-order chi connectivity index (χ0) is 16.3. The van der Waals surface area contributed by atoms with E-state index in [-0.39, 0.29) is 10.0 Å². The maximum atomic E-state index is 12.2. The number of anilines is 1. The summed E-state index contributed by atoms with van der Waals surface area (Å²) in [6.45, 7) is 0. The average molecular weight is 347 g/mol. The van der Waals surface area contributed by atoms with E-state index in [4.69, 9.17) is 4.74 Å². The van der Waals surface area contributed by atoms with Crippen molar-refractivity contribution >= 4 is 26.5 Å². The van der Waals surface area contributed by atoms with Gasteiger partial charge >= 0.3 is 0 Å². The van der Waals surface area contributed by atoms with E-state index in [1.807, 2.05) is 24.3 Å². The first-order chi connectivity index (χ1) is 11.1. The summed E-state index contributed by atoms with van der Waals surface area (Å²) in [6.07, 6.45) is 0. The SMILES string of the molecule is COc1ccc(-c2nnc(NS(=O)(=O)c3ccccc3)s2)cc1. The van der Waals surface area contributed by atoms with Crippen LogP contribution in [0.5, 0.6) is 5.75 Å². The van der Waals surface area contributed by atoms with E-state index < -0.39 is 10.0 Å². The minimum Gasteiger partial charge on any atom is -0.497 e. The predicted molar refractivity (Wildman–Crippen MR) is 89.1 cm³/mol. The van der Waals surface area contributed by atoms with Crippen molar-refractivity contribution in [3.8, 4) is 16.3 Å². The zero-order valence-corrected chi connectivity index (χ0v) is 13.8. The molecule has 1 N–H and O–H groups in total. The molecule has 1 aromatic heterocycles. The van der Waals surface area contributed by atoms with Crippen LogP contribution in [0, 0.1) is 0 Å². The minimum absolute atomic E-state index is 0.182. The second-order valence-electron chi connectivity index (χ2n) is 4.56. The number of sulfonamides is 1. The van der Waals surface area contributed by atoms with E-state index in [1.165, 1.54) is 23.5 Å². The van der Waals surface area contributed by atoms with Gasteiger partial charge in [-0.25, -0.2) is 8.42 Å². The Hall–Kier alpha value is -2.45. The third kappa shape index (κ3) is 3.49. The van der Waals surface area contributed by atoms with Crippen LogP contribution in [0.4, 0.5) is 5.13 Å². The summed E-state index contributed by atoms with van der Waals surface area (Å²) in [6, 6.07) is 15.4. The fourth-order valence-corrected chi connectivity index (χ4v) is 3.89. The van der Waals surface area contributed by atoms with E-state index in [0.29, 0.717) is 5.01 Å². The number of nitrogens with one attached hydrogen (secondary N) is 1. The van der Waals surface area contributed by atoms with Crippen LogP contribution in [0.3, 0.4) is 0 Å². The summed E-state index contributed by atoms with van der Waals surface area (Å²) in [5, 5.41) is 8.76. The van der Waals surface area contributed by atoms with Crippen LogP contribution in [0.15, 0.2) is 59.5 Å². The van der Waals surface area contributed by atoms with Gasteiger partial charge in [-0.05, 0) is 36.4 Å². The van der Waals surface area contributed by atoms with E-state index >= 15 is 0 Å². The van der Waals surface area contributed by atoms with Crippen molar-refractivity contribution in [1.29, 1.82) is 0 Å². The normalized spacial score (nSPS) is 11.2. The fourth-order valence-electron chi connectivity index (χ4n) is 1.89. The maximum Gasteiger partial charge on any atom is 0.263 e. The summed E-state index contributed by atoms with van der Waals surface area (Å²) in [5.74, 6) is 0.739. The molecule has 0 fully saturated rings. The zero-order valence-electron chi connectivity index (χ0n) is 12.1. The number of benzene rings is 2. The van der Waals surface area contributed by atoms with Crippen molar-refractivity contribution in [3.63, 3.8) is 0 Å². The molecule has 118 valence electrons. The van der Waals surface area contributed by atoms with Crippen LogP contribution in [0.25, 0.3) is 10.6 Å². The van der Waals surface area contributed by atoms with Crippen LogP contribution in [0.2, 0.25) is 0 Å². The lowest BCUT2D eigenvalue weighted by atomic mass is 10.2. The molecule has 0 aliphatic rings. The molecule has 6 nitrogen and oxygen atoms in total. The maximum absolute atomic E-state index is 12.2. The van der Waals surface area contributed by atoms with Gasteiger partial charge in [0.15, 0.2) is 0 Å². The van der Waals surface area contributed by atoms with Gasteiger partial charge in [0.1, 0.15) is 10.8 Å². The van der Waals surface area contributed by atoms with Gasteiger partial charge < -0.3 is 4.74 Å². The summed E-state index contributed by atoms with van der Waals surface area (Å²) in [5.41, 5.74) is 0.841. The average Bonchev–Trinajstić information content (AvgIpc) is 3.03. The molecule has 0 unspecified atom stereocenters. The smallest absolute Gasteiger partial charge is 0.263 e. The molecule has 0 radical (unpaired) electrons. The van der Waals surface area contributed by atoms with Crippen molar-refractivity contribution in [2.75, 3.05) is 11.8 Å². The molecule has 3 rings (SSSR count). The first kappa shape index (κ1) is 15.4. The Morgan fingerprint density at radius 1 is 1.00 bits per heavy atom. The topological polar surface area (TPSA) is 81.2 Å². The molecule has 0 amide bonds. The quantitative estimate of drug-likeness (QED) is 0.767. The Bertz CT molecular complexity index is 891. The second kappa shape index (κ2) is 6.35. The molecule has 23 heavy (non-hydrogen) atoms. The molecular weight excluding hydrogens is 334 g/mol. The highest BCUT2D eigenvalue weighted by Crippen LogP contribution is 2.28. The van der Waals surface area contributed by atoms with Crippen molar-refractivity contribution in [2.24, 2.45) is 0 Å². The Balaban J connectivity index is 1.82. The highest BCUT2D eigenvalue weighted by Gasteiger charge is 2.16. The van der Waals surface area contributed by atoms with Gasteiger partial charge in [-0.15, -0.1) is 10.2 Å². The Kier molecular flexibility index (Phi) is 4.26. The van der Waals surface area contributed by atoms with E-state index in [2.05, 4.69) is 14.9 Å². The number of rotatable bonds is 5. The third-order valence-corrected chi connectivity index (χ3v) is 5.41. The lowest BCUT2D eigenvalue weighted by Gasteiger charge is -2.03. The Labute approximate surface area is 137 Å². The van der Waals surface area contributed by atoms with Gasteiger partial charge in [0.25, 0.3) is 10.0 Å². The molecule has 0 bridgehead atoms. The molecule has 2 aromatic carbocycles. The first-order valence-corrected chi connectivity index (χ1v) is 8.94. The predicted octanol–water partition coefficient (Wildman–Crippen LogP) is 3.01. The first-order valence-electron chi connectivity index (χ1n) is 6.64. The van der Waals surface area contributed by atoms with Gasteiger partial charge in [0, 0.05) is 5.56 Å². The third-order valence-electron chi connectivity index (χ3n) is 3.04. The molecule has 0 saturated heterocycles. The monoisotopic (exact) mass is 347 g/mol. The lowest BCUT2D eigenvalue weighted by Crippen LogP contribution is -2.12. The molecule has 0 saturated carbocycles. The van der Waals surface area contributed by atoms with E-state index in [9.17, 15) is 8.42 Å². The number of nitrogens with zero attached hydrogens (tertiary/aromatic N) is 2.